The van der Waals surface area contributed by atoms with Crippen molar-refractivity contribution >= 4 is 23.6 Å². The Morgan fingerprint density at radius 3 is 2.26 bits per heavy atom. The summed E-state index contributed by atoms with van der Waals surface area (Å²) in [6.07, 6.45) is -0.0782. The number of alkyl halides is 3. The minimum absolute atomic E-state index is 0.0951. The van der Waals surface area contributed by atoms with Gasteiger partial charge in [0.1, 0.15) is 11.5 Å². The molecular weight excluding hydrogens is 501 g/mol. The van der Waals surface area contributed by atoms with Crippen LogP contribution in [0.5, 0.6) is 5.88 Å². The molecule has 11 heteroatoms. The first-order chi connectivity index (χ1) is 18.0. The Kier molecular flexibility index (Phi) is 9.71. The molecule has 8 nitrogen and oxygen atoms in total. The molecule has 1 aromatic carbocycles. The van der Waals surface area contributed by atoms with E-state index in [1.807, 2.05) is 13.8 Å². The van der Waals surface area contributed by atoms with E-state index in [1.54, 1.807) is 12.1 Å². The summed E-state index contributed by atoms with van der Waals surface area (Å²) < 4.78 is 40.7. The molecule has 0 saturated heterocycles. The van der Waals surface area contributed by atoms with Crippen LogP contribution in [0.4, 0.5) is 13.2 Å². The first-order valence-corrected chi connectivity index (χ1v) is 12.8. The van der Waals surface area contributed by atoms with E-state index >= 15 is 0 Å². The van der Waals surface area contributed by atoms with Crippen LogP contribution >= 0.6 is 0 Å². The molecule has 0 fully saturated rings. The number of carboxylic acids is 1. The Labute approximate surface area is 218 Å². The number of aliphatic imine (C=N–C) groups is 2. The number of aromatic hydroxyl groups is 1. The van der Waals surface area contributed by atoms with Gasteiger partial charge in [-0.3, -0.25) is 9.13 Å². The fraction of sp³-hybridized carbons (Fsp3) is 0.481. The van der Waals surface area contributed by atoms with Crippen LogP contribution in [0.25, 0.3) is 6.08 Å². The average molecular weight is 535 g/mol. The predicted octanol–water partition coefficient (Wildman–Crippen LogP) is 5.82. The molecule has 0 unspecified atom stereocenters. The molecule has 0 bridgehead atoms. The van der Waals surface area contributed by atoms with Crippen molar-refractivity contribution in [2.24, 2.45) is 9.98 Å². The molecule has 206 valence electrons. The molecule has 0 saturated carbocycles. The molecule has 0 amide bonds. The number of benzene rings is 1. The van der Waals surface area contributed by atoms with E-state index in [2.05, 4.69) is 9.98 Å². The molecule has 0 aliphatic carbocycles. The standard InChI is InChI=1S/C27H33F3N4O4/c1-3-5-8-23-31-20(16-18-9-11-19(12-10-18)25(36)37)21(32-23)17-22-24(35)34(14-6-4-2)26(38)33(22)15-7-13-27(28,29)30/h9-12,17,35H,3-8,13-16H2,1-2H3,(H,36,37). The van der Waals surface area contributed by atoms with Gasteiger partial charge in [-0.1, -0.05) is 38.8 Å². The summed E-state index contributed by atoms with van der Waals surface area (Å²) in [5.74, 6) is -0.761. The Hall–Kier alpha value is -3.63. The highest BCUT2D eigenvalue weighted by Crippen LogP contribution is 2.27. The minimum Gasteiger partial charge on any atom is -0.493 e. The van der Waals surface area contributed by atoms with E-state index < -0.39 is 24.3 Å². The highest BCUT2D eigenvalue weighted by atomic mass is 19.4. The van der Waals surface area contributed by atoms with Crippen LogP contribution in [0.3, 0.4) is 0 Å². The molecule has 0 radical (unpaired) electrons. The number of hydrogen-bond donors (Lipinski definition) is 2. The van der Waals surface area contributed by atoms with Gasteiger partial charge in [-0.2, -0.15) is 13.2 Å². The van der Waals surface area contributed by atoms with Crippen molar-refractivity contribution in [3.8, 4) is 5.88 Å². The zero-order chi connectivity index (χ0) is 27.9. The van der Waals surface area contributed by atoms with Crippen LogP contribution in [0.1, 0.15) is 80.4 Å². The highest BCUT2D eigenvalue weighted by Gasteiger charge is 2.27. The number of rotatable bonds is 13. The smallest absolute Gasteiger partial charge is 0.389 e. The third-order valence-electron chi connectivity index (χ3n) is 6.22. The number of unbranched alkanes of at least 4 members (excludes halogenated alkanes) is 2. The van der Waals surface area contributed by atoms with E-state index in [4.69, 9.17) is 5.11 Å². The average Bonchev–Trinajstić information content (AvgIpc) is 3.34. The maximum absolute atomic E-state index is 13.1. The van der Waals surface area contributed by atoms with Gasteiger partial charge in [0.2, 0.25) is 5.88 Å². The predicted molar refractivity (Wildman–Crippen MR) is 140 cm³/mol. The van der Waals surface area contributed by atoms with Gasteiger partial charge in [-0.15, -0.1) is 0 Å². The van der Waals surface area contributed by atoms with Crippen molar-refractivity contribution in [2.45, 2.75) is 84.5 Å². The normalized spacial score (nSPS) is 14.7. The molecule has 2 heterocycles. The van der Waals surface area contributed by atoms with Crippen molar-refractivity contribution in [1.82, 2.24) is 9.13 Å². The van der Waals surface area contributed by atoms with Gasteiger partial charge in [-0.05, 0) is 43.0 Å². The summed E-state index contributed by atoms with van der Waals surface area (Å²) >= 11 is 0. The minimum atomic E-state index is -4.35. The number of carbonyl (C=O) groups is 1. The highest BCUT2D eigenvalue weighted by molar-refractivity contribution is 6.15. The molecule has 1 aliphatic rings. The fourth-order valence-electron chi connectivity index (χ4n) is 4.13. The van der Waals surface area contributed by atoms with Crippen LogP contribution in [0, 0.1) is 0 Å². The lowest BCUT2D eigenvalue weighted by Gasteiger charge is -2.08. The lowest BCUT2D eigenvalue weighted by atomic mass is 10.0. The van der Waals surface area contributed by atoms with Gasteiger partial charge in [0.05, 0.1) is 17.0 Å². The second kappa shape index (κ2) is 12.7. The maximum Gasteiger partial charge on any atom is 0.389 e. The zero-order valence-corrected chi connectivity index (χ0v) is 21.6. The van der Waals surface area contributed by atoms with Gasteiger partial charge in [0.15, 0.2) is 0 Å². The van der Waals surface area contributed by atoms with Crippen molar-refractivity contribution in [1.29, 1.82) is 0 Å². The van der Waals surface area contributed by atoms with Crippen LogP contribution < -0.4 is 5.69 Å². The van der Waals surface area contributed by atoms with Crippen LogP contribution in [-0.4, -0.2) is 43.0 Å². The molecule has 0 atom stereocenters. The third kappa shape index (κ3) is 7.45. The molecule has 2 aromatic rings. The number of allylic oxidation sites excluding steroid dienone is 1. The Morgan fingerprint density at radius 1 is 1.00 bits per heavy atom. The summed E-state index contributed by atoms with van der Waals surface area (Å²) in [6, 6.07) is 6.35. The first-order valence-electron chi connectivity index (χ1n) is 12.8. The number of aromatic carboxylic acids is 1. The number of carboxylic acid groups (broad SMARTS) is 1. The Morgan fingerprint density at radius 2 is 1.66 bits per heavy atom. The number of hydrogen-bond acceptors (Lipinski definition) is 5. The molecule has 3 rings (SSSR count). The molecule has 1 aromatic heterocycles. The van der Waals surface area contributed by atoms with Gasteiger partial charge in [0.25, 0.3) is 0 Å². The number of imidazole rings is 1. The molecule has 1 aliphatic heterocycles. The van der Waals surface area contributed by atoms with Crippen molar-refractivity contribution in [3.63, 3.8) is 0 Å². The van der Waals surface area contributed by atoms with Crippen LogP contribution in [0.2, 0.25) is 0 Å². The largest absolute Gasteiger partial charge is 0.493 e. The second-order valence-corrected chi connectivity index (χ2v) is 9.27. The van der Waals surface area contributed by atoms with Crippen molar-refractivity contribution < 1.29 is 28.2 Å². The summed E-state index contributed by atoms with van der Waals surface area (Å²) in [7, 11) is 0. The van der Waals surface area contributed by atoms with Crippen LogP contribution in [-0.2, 0) is 19.5 Å². The maximum atomic E-state index is 13.1. The van der Waals surface area contributed by atoms with Gasteiger partial charge in [-0.25, -0.2) is 19.6 Å². The van der Waals surface area contributed by atoms with Gasteiger partial charge < -0.3 is 10.2 Å². The van der Waals surface area contributed by atoms with Crippen molar-refractivity contribution in [2.75, 3.05) is 0 Å². The monoisotopic (exact) mass is 534 g/mol. The topological polar surface area (TPSA) is 109 Å². The summed E-state index contributed by atoms with van der Waals surface area (Å²) in [4.78, 5) is 33.5. The Bertz CT molecular complexity index is 1290. The molecular formula is C27H33F3N4O4. The second-order valence-electron chi connectivity index (χ2n) is 9.27. The molecule has 38 heavy (non-hydrogen) atoms. The quantitative estimate of drug-likeness (QED) is 0.337. The third-order valence-corrected chi connectivity index (χ3v) is 6.22. The van der Waals surface area contributed by atoms with Crippen molar-refractivity contribution in [3.05, 3.63) is 57.3 Å². The molecule has 0 spiro atoms. The fourth-order valence-corrected chi connectivity index (χ4v) is 4.13. The zero-order valence-electron chi connectivity index (χ0n) is 21.6. The lowest BCUT2D eigenvalue weighted by molar-refractivity contribution is -0.135. The summed E-state index contributed by atoms with van der Waals surface area (Å²) in [5, 5.41) is 20.1. The first kappa shape index (κ1) is 28.9. The van der Waals surface area contributed by atoms with Crippen LogP contribution in [0.15, 0.2) is 44.7 Å². The summed E-state index contributed by atoms with van der Waals surface area (Å²) in [6.45, 7) is 4.00. The van der Waals surface area contributed by atoms with E-state index in [9.17, 15) is 27.9 Å². The van der Waals surface area contributed by atoms with E-state index in [0.717, 1.165) is 24.8 Å². The molecule has 2 N–H and O–H groups in total. The van der Waals surface area contributed by atoms with E-state index in [0.29, 0.717) is 36.5 Å². The van der Waals surface area contributed by atoms with E-state index in [-0.39, 0.29) is 36.6 Å². The van der Waals surface area contributed by atoms with Gasteiger partial charge in [0, 0.05) is 32.4 Å². The number of halogens is 3. The van der Waals surface area contributed by atoms with E-state index in [1.165, 1.54) is 27.3 Å². The number of amidine groups is 1. The number of aromatic nitrogens is 2. The SMILES string of the molecule is CCCCC1=NC(=Cc2c(O)n(CCCC)c(=O)n2CCCC(F)(F)F)C(Cc2ccc(C(=O)O)cc2)=N1. The number of nitrogens with zero attached hydrogens (tertiary/aromatic N) is 4. The Balaban J connectivity index is 2.01. The lowest BCUT2D eigenvalue weighted by Crippen LogP contribution is -2.25. The summed E-state index contributed by atoms with van der Waals surface area (Å²) in [5.41, 5.74) is 1.44. The van der Waals surface area contributed by atoms with Gasteiger partial charge >= 0.3 is 17.8 Å².